The van der Waals surface area contributed by atoms with Crippen molar-refractivity contribution < 1.29 is 38.4 Å². The van der Waals surface area contributed by atoms with Crippen molar-refractivity contribution in [3.05, 3.63) is 11.1 Å². The number of aliphatic hydroxyl groups excluding tert-OH is 1. The molecule has 0 aromatic carbocycles. The van der Waals surface area contributed by atoms with E-state index in [2.05, 4.69) is 20.8 Å². The highest BCUT2D eigenvalue weighted by atomic mass is 16.6. The van der Waals surface area contributed by atoms with Gasteiger partial charge in [-0.25, -0.2) is 0 Å². The Kier molecular flexibility index (Phi) is 6.14. The Morgan fingerprint density at radius 1 is 1.09 bits per heavy atom. The van der Waals surface area contributed by atoms with Crippen LogP contribution in [0.5, 0.6) is 0 Å². The number of hydrogen-bond donors (Lipinski definition) is 1. The van der Waals surface area contributed by atoms with Gasteiger partial charge in [-0.05, 0) is 36.8 Å². The first-order valence-corrected chi connectivity index (χ1v) is 12.1. The topological polar surface area (TPSA) is 101 Å². The summed E-state index contributed by atoms with van der Waals surface area (Å²) < 4.78 is 30.2. The average Bonchev–Trinajstić information content (AvgIpc) is 2.75. The van der Waals surface area contributed by atoms with Crippen LogP contribution in [0.3, 0.4) is 0 Å². The van der Waals surface area contributed by atoms with Crippen LogP contribution >= 0.6 is 0 Å². The van der Waals surface area contributed by atoms with Crippen LogP contribution in [-0.2, 0) is 33.3 Å². The molecule has 192 valence electrons. The van der Waals surface area contributed by atoms with E-state index in [0.717, 1.165) is 11.1 Å². The van der Waals surface area contributed by atoms with E-state index in [1.54, 1.807) is 14.2 Å². The van der Waals surface area contributed by atoms with Gasteiger partial charge in [-0.1, -0.05) is 20.8 Å². The van der Waals surface area contributed by atoms with E-state index < -0.39 is 64.3 Å². The molecule has 2 bridgehead atoms. The fourth-order valence-electron chi connectivity index (χ4n) is 7.92. The predicted molar refractivity (Wildman–Crippen MR) is 123 cm³/mol. The standard InChI is InChI=1S/C26H40O8/c1-13-15(28)11-24(5)22(32-9)20-25(6,21(29)19(31-8)18(13)23(24,3)4)16(30-7)10-17-26(20,12-33-17)34-14(2)27/h15-17,19-20,22,28H,10-12H2,1-9H3/t15?,16?,17?,19?,20?,22?,24-,25+,26?/m0/s1. The Bertz CT molecular complexity index is 910. The summed E-state index contributed by atoms with van der Waals surface area (Å²) in [5.41, 5.74) is -1.76. The normalized spacial score (nSPS) is 47.6. The molecular weight excluding hydrogens is 440 g/mol. The molecule has 3 aliphatic carbocycles. The lowest BCUT2D eigenvalue weighted by Gasteiger charge is -2.68. The molecule has 7 unspecified atom stereocenters. The number of rotatable bonds is 4. The number of carbonyl (C=O) groups excluding carboxylic acids is 2. The molecule has 0 aromatic rings. The Morgan fingerprint density at radius 2 is 1.74 bits per heavy atom. The number of hydrogen-bond acceptors (Lipinski definition) is 8. The van der Waals surface area contributed by atoms with Gasteiger partial charge in [0.05, 0.1) is 30.3 Å². The molecule has 1 aliphatic heterocycles. The molecule has 1 saturated heterocycles. The number of aliphatic hydroxyl groups is 1. The van der Waals surface area contributed by atoms with Gasteiger partial charge in [-0.2, -0.15) is 0 Å². The van der Waals surface area contributed by atoms with Crippen molar-refractivity contribution in [3.8, 4) is 0 Å². The molecule has 4 rings (SSSR count). The van der Waals surface area contributed by atoms with E-state index in [0.29, 0.717) is 12.8 Å². The molecule has 0 aromatic heterocycles. The lowest BCUT2D eigenvalue weighted by atomic mass is 9.42. The number of ketones is 1. The molecular formula is C26H40O8. The van der Waals surface area contributed by atoms with Gasteiger partial charge in [0.1, 0.15) is 12.2 Å². The Balaban J connectivity index is 2.08. The first-order valence-electron chi connectivity index (χ1n) is 12.1. The van der Waals surface area contributed by atoms with Gasteiger partial charge in [0.25, 0.3) is 0 Å². The zero-order chi connectivity index (χ0) is 25.4. The van der Waals surface area contributed by atoms with Crippen molar-refractivity contribution in [2.45, 2.75) is 90.5 Å². The van der Waals surface area contributed by atoms with Crippen LogP contribution in [-0.4, -0.2) is 80.9 Å². The minimum Gasteiger partial charge on any atom is -0.454 e. The van der Waals surface area contributed by atoms with Crippen LogP contribution in [0.4, 0.5) is 0 Å². The molecule has 2 saturated carbocycles. The summed E-state index contributed by atoms with van der Waals surface area (Å²) in [5.74, 6) is -1.15. The molecule has 0 radical (unpaired) electrons. The van der Waals surface area contributed by atoms with Crippen molar-refractivity contribution in [2.24, 2.45) is 22.2 Å². The fraction of sp³-hybridized carbons (Fsp3) is 0.846. The minimum atomic E-state index is -1.10. The fourth-order valence-corrected chi connectivity index (χ4v) is 7.92. The number of Topliss-reactive ketones (excluding diaryl/α,β-unsaturated/α-hetero) is 1. The Hall–Kier alpha value is -1.32. The molecule has 1 N–H and O–H groups in total. The van der Waals surface area contributed by atoms with Crippen LogP contribution in [0, 0.1) is 22.2 Å². The number of esters is 1. The molecule has 4 aliphatic rings. The van der Waals surface area contributed by atoms with E-state index in [9.17, 15) is 14.7 Å². The summed E-state index contributed by atoms with van der Waals surface area (Å²) in [7, 11) is 4.77. The lowest BCUT2D eigenvalue weighted by Crippen LogP contribution is -2.80. The van der Waals surface area contributed by atoms with Gasteiger partial charge in [-0.15, -0.1) is 0 Å². The third kappa shape index (κ3) is 2.95. The molecule has 0 amide bonds. The molecule has 8 heteroatoms. The summed E-state index contributed by atoms with van der Waals surface area (Å²) in [6, 6.07) is 0. The highest BCUT2D eigenvalue weighted by molar-refractivity contribution is 5.93. The smallest absolute Gasteiger partial charge is 0.303 e. The summed E-state index contributed by atoms with van der Waals surface area (Å²) in [6.45, 7) is 11.6. The van der Waals surface area contributed by atoms with E-state index >= 15 is 0 Å². The maximum absolute atomic E-state index is 14.6. The van der Waals surface area contributed by atoms with Crippen molar-refractivity contribution in [3.63, 3.8) is 0 Å². The lowest BCUT2D eigenvalue weighted by molar-refractivity contribution is -0.344. The number of methoxy groups -OCH3 is 3. The third-order valence-corrected chi connectivity index (χ3v) is 10.0. The van der Waals surface area contributed by atoms with Crippen LogP contribution < -0.4 is 0 Å². The molecule has 34 heavy (non-hydrogen) atoms. The van der Waals surface area contributed by atoms with E-state index in [4.69, 9.17) is 23.7 Å². The second-order valence-electron chi connectivity index (χ2n) is 11.6. The average molecular weight is 481 g/mol. The van der Waals surface area contributed by atoms with Crippen molar-refractivity contribution >= 4 is 11.8 Å². The largest absolute Gasteiger partial charge is 0.454 e. The van der Waals surface area contributed by atoms with Gasteiger partial charge >= 0.3 is 5.97 Å². The van der Waals surface area contributed by atoms with Crippen LogP contribution in [0.25, 0.3) is 0 Å². The molecule has 8 nitrogen and oxygen atoms in total. The third-order valence-electron chi connectivity index (χ3n) is 10.0. The van der Waals surface area contributed by atoms with Crippen molar-refractivity contribution in [1.82, 2.24) is 0 Å². The zero-order valence-electron chi connectivity index (χ0n) is 21.9. The molecule has 9 atom stereocenters. The molecule has 1 heterocycles. The maximum Gasteiger partial charge on any atom is 0.303 e. The van der Waals surface area contributed by atoms with Gasteiger partial charge in [-0.3, -0.25) is 9.59 Å². The minimum absolute atomic E-state index is 0.149. The van der Waals surface area contributed by atoms with Gasteiger partial charge in [0.2, 0.25) is 0 Å². The monoisotopic (exact) mass is 480 g/mol. The SMILES string of the molecule is COC1C(=O)[C@]2(C)C(OC)CC3OCC3(OC(C)=O)C2C(OC)[C@]2(C)CC(O)C(C)=C1C2(C)C. The van der Waals surface area contributed by atoms with E-state index in [-0.39, 0.29) is 12.4 Å². The summed E-state index contributed by atoms with van der Waals surface area (Å²) in [5, 5.41) is 11.2. The second kappa shape index (κ2) is 8.10. The first-order chi connectivity index (χ1) is 15.8. The maximum atomic E-state index is 14.6. The van der Waals surface area contributed by atoms with Gasteiger partial charge < -0.3 is 28.8 Å². The van der Waals surface area contributed by atoms with Crippen molar-refractivity contribution in [1.29, 1.82) is 0 Å². The Morgan fingerprint density at radius 3 is 2.21 bits per heavy atom. The zero-order valence-corrected chi connectivity index (χ0v) is 21.9. The highest BCUT2D eigenvalue weighted by Gasteiger charge is 2.76. The number of ether oxygens (including phenoxy) is 5. The van der Waals surface area contributed by atoms with Crippen LogP contribution in [0.15, 0.2) is 11.1 Å². The first kappa shape index (κ1) is 25.8. The quantitative estimate of drug-likeness (QED) is 0.484. The Labute approximate surface area is 202 Å². The molecule has 0 spiro atoms. The van der Waals surface area contributed by atoms with Gasteiger partial charge in [0.15, 0.2) is 11.4 Å². The number of fused-ring (bicyclic) bond motifs is 5. The summed E-state index contributed by atoms with van der Waals surface area (Å²) in [6.07, 6.45) is -2.23. The van der Waals surface area contributed by atoms with Crippen LogP contribution in [0.1, 0.15) is 54.4 Å². The summed E-state index contributed by atoms with van der Waals surface area (Å²) in [4.78, 5) is 27.0. The molecule has 3 fully saturated rings. The van der Waals surface area contributed by atoms with Gasteiger partial charge in [0, 0.05) is 46.0 Å². The highest BCUT2D eigenvalue weighted by Crippen LogP contribution is 2.67. The second-order valence-corrected chi connectivity index (χ2v) is 11.6. The van der Waals surface area contributed by atoms with E-state index in [1.165, 1.54) is 14.0 Å². The van der Waals surface area contributed by atoms with Crippen molar-refractivity contribution in [2.75, 3.05) is 27.9 Å². The summed E-state index contributed by atoms with van der Waals surface area (Å²) >= 11 is 0. The predicted octanol–water partition coefficient (Wildman–Crippen LogP) is 2.45. The number of carbonyl (C=O) groups is 2. The van der Waals surface area contributed by atoms with Crippen LogP contribution in [0.2, 0.25) is 0 Å². The van der Waals surface area contributed by atoms with E-state index in [1.807, 2.05) is 13.8 Å².